The first kappa shape index (κ1) is 23.2. The van der Waals surface area contributed by atoms with Gasteiger partial charge in [0.15, 0.2) is 11.5 Å². The summed E-state index contributed by atoms with van der Waals surface area (Å²) in [6, 6.07) is 11.0. The number of hydrogen-bond acceptors (Lipinski definition) is 7. The minimum atomic E-state index is -1.38. The third kappa shape index (κ3) is 4.19. The largest absolute Gasteiger partial charge is 0.337 e. The van der Waals surface area contributed by atoms with Gasteiger partial charge in [0.2, 0.25) is 5.89 Å². The van der Waals surface area contributed by atoms with Crippen LogP contribution in [0, 0.1) is 25.2 Å². The van der Waals surface area contributed by atoms with Crippen LogP contribution >= 0.6 is 0 Å². The number of aromatic nitrogens is 5. The van der Waals surface area contributed by atoms with E-state index in [-0.39, 0.29) is 35.3 Å². The van der Waals surface area contributed by atoms with Gasteiger partial charge in [0.05, 0.1) is 5.39 Å². The molecule has 0 bridgehead atoms. The lowest BCUT2D eigenvalue weighted by molar-refractivity contribution is 0.0336. The van der Waals surface area contributed by atoms with Crippen LogP contribution in [0.25, 0.3) is 11.0 Å². The van der Waals surface area contributed by atoms with Crippen molar-refractivity contribution < 1.29 is 8.91 Å². The van der Waals surface area contributed by atoms with Gasteiger partial charge in [-0.2, -0.15) is 10.2 Å². The molecule has 3 aromatic heterocycles. The number of nitrogens with zero attached hydrogens (tertiary/aromatic N) is 6. The van der Waals surface area contributed by atoms with E-state index in [4.69, 9.17) is 9.78 Å². The van der Waals surface area contributed by atoms with E-state index in [1.165, 1.54) is 10.9 Å². The molecule has 5 rings (SSSR count). The Morgan fingerprint density at radius 3 is 2.59 bits per heavy atom. The van der Waals surface area contributed by atoms with Crippen molar-refractivity contribution >= 4 is 11.0 Å². The molecule has 8 nitrogen and oxygen atoms in total. The zero-order valence-electron chi connectivity index (χ0n) is 19.5. The van der Waals surface area contributed by atoms with Crippen molar-refractivity contribution in [2.24, 2.45) is 0 Å². The van der Waals surface area contributed by atoms with Crippen molar-refractivity contribution in [2.75, 3.05) is 0 Å². The van der Waals surface area contributed by atoms with Gasteiger partial charge in [0, 0.05) is 5.92 Å². The van der Waals surface area contributed by atoms with E-state index in [1.807, 2.05) is 51.1 Å². The van der Waals surface area contributed by atoms with E-state index in [9.17, 15) is 4.79 Å². The van der Waals surface area contributed by atoms with E-state index in [1.54, 1.807) is 13.0 Å². The van der Waals surface area contributed by atoms with Gasteiger partial charge in [-0.15, -0.1) is 0 Å². The molecule has 174 valence electrons. The second kappa shape index (κ2) is 9.14. The molecule has 0 radical (unpaired) electrons. The van der Waals surface area contributed by atoms with Crippen LogP contribution < -0.4 is 5.56 Å². The van der Waals surface area contributed by atoms with E-state index in [0.29, 0.717) is 35.2 Å². The number of aryl methyl sites for hydroxylation is 2. The van der Waals surface area contributed by atoms with Crippen LogP contribution in [0.3, 0.4) is 0 Å². The summed E-state index contributed by atoms with van der Waals surface area (Å²) in [6.07, 6.45) is 1.92. The summed E-state index contributed by atoms with van der Waals surface area (Å²) in [7, 11) is 0. The SMILES string of the molecule is CC.Cc1ccc(C2(F)CC(c3noc(Cn4cnc5nc(C#N)cc(C)c5c4=O)n3)C2)cc1. The van der Waals surface area contributed by atoms with Crippen LogP contribution in [-0.4, -0.2) is 24.7 Å². The number of rotatable bonds is 4. The van der Waals surface area contributed by atoms with Gasteiger partial charge >= 0.3 is 0 Å². The van der Waals surface area contributed by atoms with Crippen molar-refractivity contribution in [2.45, 2.75) is 58.7 Å². The Labute approximate surface area is 196 Å². The summed E-state index contributed by atoms with van der Waals surface area (Å²) >= 11 is 0. The van der Waals surface area contributed by atoms with Crippen LogP contribution in [0.2, 0.25) is 0 Å². The molecule has 0 atom stereocenters. The third-order valence-electron chi connectivity index (χ3n) is 5.97. The van der Waals surface area contributed by atoms with Gasteiger partial charge in [-0.1, -0.05) is 48.8 Å². The number of pyridine rings is 1. The van der Waals surface area contributed by atoms with Gasteiger partial charge in [0.25, 0.3) is 5.56 Å². The van der Waals surface area contributed by atoms with Crippen molar-refractivity contribution in [1.29, 1.82) is 5.26 Å². The Balaban J connectivity index is 0.00000133. The maximum absolute atomic E-state index is 15.2. The van der Waals surface area contributed by atoms with E-state index in [0.717, 1.165) is 5.56 Å². The number of halogens is 1. The van der Waals surface area contributed by atoms with Crippen molar-refractivity contribution in [3.05, 3.63) is 81.1 Å². The highest BCUT2D eigenvalue weighted by Crippen LogP contribution is 2.53. The Morgan fingerprint density at radius 2 is 1.91 bits per heavy atom. The molecular formula is C25H25FN6O2. The normalized spacial score (nSPS) is 19.1. The zero-order valence-corrected chi connectivity index (χ0v) is 19.5. The van der Waals surface area contributed by atoms with Gasteiger partial charge in [-0.25, -0.2) is 14.4 Å². The Hall–Kier alpha value is -3.93. The molecule has 0 saturated heterocycles. The molecule has 0 spiro atoms. The first-order chi connectivity index (χ1) is 16.4. The number of nitriles is 1. The van der Waals surface area contributed by atoms with Gasteiger partial charge < -0.3 is 4.52 Å². The predicted octanol–water partition coefficient (Wildman–Crippen LogP) is 4.48. The summed E-state index contributed by atoms with van der Waals surface area (Å²) in [5.41, 5.74) is 1.11. The van der Waals surface area contributed by atoms with E-state index < -0.39 is 5.67 Å². The third-order valence-corrected chi connectivity index (χ3v) is 5.97. The second-order valence-electron chi connectivity index (χ2n) is 8.30. The molecule has 1 aliphatic carbocycles. The molecule has 9 heteroatoms. The Kier molecular flexibility index (Phi) is 6.24. The lowest BCUT2D eigenvalue weighted by Gasteiger charge is -2.40. The van der Waals surface area contributed by atoms with Crippen molar-refractivity contribution in [1.82, 2.24) is 24.7 Å². The molecule has 0 amide bonds. The fraction of sp³-hybridized carbons (Fsp3) is 0.360. The van der Waals surface area contributed by atoms with E-state index >= 15 is 4.39 Å². The van der Waals surface area contributed by atoms with Crippen molar-refractivity contribution in [3.8, 4) is 6.07 Å². The monoisotopic (exact) mass is 460 g/mol. The summed E-state index contributed by atoms with van der Waals surface area (Å²) in [5.74, 6) is 0.550. The predicted molar refractivity (Wildman–Crippen MR) is 124 cm³/mol. The molecule has 3 heterocycles. The molecular weight excluding hydrogens is 435 g/mol. The maximum atomic E-state index is 15.2. The van der Waals surface area contributed by atoms with Crippen molar-refractivity contribution in [3.63, 3.8) is 0 Å². The molecule has 1 aromatic carbocycles. The number of fused-ring (bicyclic) bond motifs is 1. The topological polar surface area (TPSA) is 110 Å². The highest BCUT2D eigenvalue weighted by atomic mass is 19.1. The number of hydrogen-bond donors (Lipinski definition) is 0. The van der Waals surface area contributed by atoms with Gasteiger partial charge in [-0.05, 0) is 43.9 Å². The van der Waals surface area contributed by atoms with Crippen LogP contribution in [0.4, 0.5) is 4.39 Å². The smallest absolute Gasteiger partial charge is 0.263 e. The molecule has 0 unspecified atom stereocenters. The van der Waals surface area contributed by atoms with Crippen LogP contribution in [0.5, 0.6) is 0 Å². The lowest BCUT2D eigenvalue weighted by atomic mass is 9.68. The summed E-state index contributed by atoms with van der Waals surface area (Å²) < 4.78 is 21.9. The molecule has 1 fully saturated rings. The lowest BCUT2D eigenvalue weighted by Crippen LogP contribution is -2.36. The fourth-order valence-electron chi connectivity index (χ4n) is 4.14. The molecule has 34 heavy (non-hydrogen) atoms. The molecule has 0 aliphatic heterocycles. The molecule has 4 aromatic rings. The van der Waals surface area contributed by atoms with Gasteiger partial charge in [-0.3, -0.25) is 9.36 Å². The molecule has 1 aliphatic rings. The highest BCUT2D eigenvalue weighted by Gasteiger charge is 2.48. The second-order valence-corrected chi connectivity index (χ2v) is 8.30. The zero-order chi connectivity index (χ0) is 24.5. The first-order valence-corrected chi connectivity index (χ1v) is 11.2. The summed E-state index contributed by atoms with van der Waals surface area (Å²) in [5, 5.41) is 13.4. The van der Waals surface area contributed by atoms with Gasteiger partial charge in [0.1, 0.15) is 30.3 Å². The van der Waals surface area contributed by atoms with Crippen LogP contribution in [0.1, 0.15) is 66.7 Å². The fourth-order valence-corrected chi connectivity index (χ4v) is 4.14. The molecule has 0 N–H and O–H groups in total. The first-order valence-electron chi connectivity index (χ1n) is 11.2. The summed E-state index contributed by atoms with van der Waals surface area (Å²) in [4.78, 5) is 25.5. The Morgan fingerprint density at radius 1 is 1.21 bits per heavy atom. The minimum absolute atomic E-state index is 0.0413. The Bertz CT molecular complexity index is 1430. The standard InChI is InChI=1S/C23H19FN6O2.C2H6/c1-13-3-5-16(6-4-13)23(24)8-15(9-23)20-28-18(32-29-20)11-30-12-26-21-19(22(30)31)14(2)7-17(10-25)27-21;1-2/h3-7,12,15H,8-9,11H2,1-2H3;1-2H3. The highest BCUT2D eigenvalue weighted by molar-refractivity contribution is 5.77. The average Bonchev–Trinajstić information content (AvgIpc) is 3.28. The number of alkyl halides is 1. The quantitative estimate of drug-likeness (QED) is 0.441. The van der Waals surface area contributed by atoms with Crippen LogP contribution in [0.15, 0.2) is 46.0 Å². The van der Waals surface area contributed by atoms with Crippen LogP contribution in [-0.2, 0) is 12.2 Å². The number of benzene rings is 1. The minimum Gasteiger partial charge on any atom is -0.337 e. The summed E-state index contributed by atoms with van der Waals surface area (Å²) in [6.45, 7) is 7.74. The molecule has 1 saturated carbocycles. The average molecular weight is 461 g/mol. The maximum Gasteiger partial charge on any atom is 0.263 e. The van der Waals surface area contributed by atoms with E-state index in [2.05, 4.69) is 20.1 Å².